The van der Waals surface area contributed by atoms with E-state index < -0.39 is 54.5 Å². The zero-order chi connectivity index (χ0) is 23.7. The largest absolute Gasteiger partial charge is 0.463 e. The van der Waals surface area contributed by atoms with Crippen LogP contribution in [0.2, 0.25) is 0 Å². The normalized spacial score (nSPS) is 25.0. The number of esters is 4. The van der Waals surface area contributed by atoms with E-state index in [1.54, 1.807) is 0 Å². The maximum absolute atomic E-state index is 11.8. The highest BCUT2D eigenvalue weighted by molar-refractivity contribution is 7.80. The Hall–Kier alpha value is -2.47. The van der Waals surface area contributed by atoms with Crippen LogP contribution in [0, 0.1) is 0 Å². The highest BCUT2D eigenvalue weighted by atomic mass is 32.1. The summed E-state index contributed by atoms with van der Waals surface area (Å²) in [6, 6.07) is 0. The minimum absolute atomic E-state index is 0.298. The van der Waals surface area contributed by atoms with Gasteiger partial charge in [0, 0.05) is 40.8 Å². The van der Waals surface area contributed by atoms with E-state index >= 15 is 0 Å². The molecular formula is C19H30N2O9S. The predicted molar refractivity (Wildman–Crippen MR) is 111 cm³/mol. The second-order valence-electron chi connectivity index (χ2n) is 6.74. The quantitative estimate of drug-likeness (QED) is 0.302. The number of nitrogens with zero attached hydrogens (tertiary/aromatic N) is 1. The third-order valence-corrected chi connectivity index (χ3v) is 4.68. The van der Waals surface area contributed by atoms with Crippen LogP contribution in [0.5, 0.6) is 0 Å². The Kier molecular flexibility index (Phi) is 10.6. The number of carbonyl (C=O) groups is 4. The SMILES string of the molecule is CCN(CC)C(=S)N[C@@H]1O[C@H](COC(C)=O)[C@@H](OC(C)=O)[C@H](OC(C)=O)[C@H]1OC(C)=O. The lowest BCUT2D eigenvalue weighted by Gasteiger charge is -2.45. The van der Waals surface area contributed by atoms with Crippen LogP contribution >= 0.6 is 12.2 Å². The van der Waals surface area contributed by atoms with Crippen molar-refractivity contribution in [2.75, 3.05) is 19.7 Å². The van der Waals surface area contributed by atoms with Crippen LogP contribution in [0.4, 0.5) is 0 Å². The average Bonchev–Trinajstić information content (AvgIpc) is 2.64. The summed E-state index contributed by atoms with van der Waals surface area (Å²) < 4.78 is 27.0. The van der Waals surface area contributed by atoms with Crippen molar-refractivity contribution in [2.24, 2.45) is 0 Å². The summed E-state index contributed by atoms with van der Waals surface area (Å²) in [5, 5.41) is 3.27. The average molecular weight is 463 g/mol. The number of thiocarbonyl (C=S) groups is 1. The summed E-state index contributed by atoms with van der Waals surface area (Å²) in [4.78, 5) is 48.4. The van der Waals surface area contributed by atoms with Crippen LogP contribution in [0.3, 0.4) is 0 Å². The molecule has 5 atom stereocenters. The van der Waals surface area contributed by atoms with Crippen LogP contribution in [0.15, 0.2) is 0 Å². The van der Waals surface area contributed by atoms with Crippen molar-refractivity contribution in [3.63, 3.8) is 0 Å². The standard InChI is InChI=1S/C19H30N2O9S/c1-7-21(8-2)19(31)20-18-17(29-13(6)25)16(28-12(5)24)15(27-11(4)23)14(30-18)9-26-10(3)22/h14-18H,7-9H2,1-6H3,(H,20,31)/t14-,15-,16+,17-,18-/m1/s1. The molecule has 0 radical (unpaired) electrons. The van der Waals surface area contributed by atoms with Crippen LogP contribution in [-0.2, 0) is 42.9 Å². The molecule has 0 aromatic rings. The van der Waals surface area contributed by atoms with E-state index in [0.29, 0.717) is 18.2 Å². The minimum atomic E-state index is -1.24. The summed E-state index contributed by atoms with van der Waals surface area (Å²) in [7, 11) is 0. The van der Waals surface area contributed by atoms with Crippen molar-refractivity contribution < 1.29 is 42.9 Å². The number of carbonyl (C=O) groups excluding carboxylic acids is 4. The van der Waals surface area contributed by atoms with Gasteiger partial charge in [0.15, 0.2) is 29.7 Å². The van der Waals surface area contributed by atoms with Gasteiger partial charge in [0.2, 0.25) is 0 Å². The molecule has 1 heterocycles. The first-order valence-electron chi connectivity index (χ1n) is 9.85. The fraction of sp³-hybridized carbons (Fsp3) is 0.737. The van der Waals surface area contributed by atoms with Crippen molar-refractivity contribution in [1.82, 2.24) is 10.2 Å². The molecule has 0 saturated carbocycles. The molecule has 0 bridgehead atoms. The summed E-state index contributed by atoms with van der Waals surface area (Å²) in [5.41, 5.74) is 0. The van der Waals surface area contributed by atoms with E-state index in [0.717, 1.165) is 13.8 Å². The molecule has 1 aliphatic heterocycles. The summed E-state index contributed by atoms with van der Waals surface area (Å²) in [6.07, 6.45) is -5.75. The number of ether oxygens (including phenoxy) is 5. The van der Waals surface area contributed by atoms with Gasteiger partial charge in [-0.1, -0.05) is 0 Å². The van der Waals surface area contributed by atoms with Crippen LogP contribution in [0.1, 0.15) is 41.5 Å². The van der Waals surface area contributed by atoms with Crippen LogP contribution in [0.25, 0.3) is 0 Å². The Morgan fingerprint density at radius 1 is 0.839 bits per heavy atom. The van der Waals surface area contributed by atoms with Crippen molar-refractivity contribution >= 4 is 41.2 Å². The molecule has 0 unspecified atom stereocenters. The van der Waals surface area contributed by atoms with E-state index in [2.05, 4.69) is 5.32 Å². The Balaban J connectivity index is 3.35. The molecule has 1 rings (SSSR count). The molecule has 1 fully saturated rings. The molecule has 0 aromatic carbocycles. The lowest BCUT2D eigenvalue weighted by molar-refractivity contribution is -0.255. The molecule has 0 amide bonds. The summed E-state index contributed by atoms with van der Waals surface area (Å²) >= 11 is 5.41. The molecule has 1 N–H and O–H groups in total. The Labute approximate surface area is 186 Å². The van der Waals surface area contributed by atoms with E-state index in [4.69, 9.17) is 35.9 Å². The zero-order valence-corrected chi connectivity index (χ0v) is 19.4. The number of nitrogens with one attached hydrogen (secondary N) is 1. The molecule has 11 nitrogen and oxygen atoms in total. The van der Waals surface area contributed by atoms with Gasteiger partial charge in [0.1, 0.15) is 12.7 Å². The van der Waals surface area contributed by atoms with Gasteiger partial charge in [-0.2, -0.15) is 0 Å². The molecular weight excluding hydrogens is 432 g/mol. The lowest BCUT2D eigenvalue weighted by atomic mass is 9.97. The van der Waals surface area contributed by atoms with E-state index in [9.17, 15) is 19.2 Å². The van der Waals surface area contributed by atoms with E-state index in [1.807, 2.05) is 18.7 Å². The molecule has 0 aromatic heterocycles. The van der Waals surface area contributed by atoms with Gasteiger partial charge >= 0.3 is 23.9 Å². The van der Waals surface area contributed by atoms with E-state index in [1.165, 1.54) is 13.8 Å². The maximum atomic E-state index is 11.8. The first kappa shape index (κ1) is 26.6. The highest BCUT2D eigenvalue weighted by Gasteiger charge is 2.52. The van der Waals surface area contributed by atoms with Crippen molar-refractivity contribution in [3.8, 4) is 0 Å². The topological polar surface area (TPSA) is 130 Å². The Bertz CT molecular complexity index is 683. The smallest absolute Gasteiger partial charge is 0.303 e. The third kappa shape index (κ3) is 8.29. The van der Waals surface area contributed by atoms with Gasteiger partial charge in [0.25, 0.3) is 0 Å². The van der Waals surface area contributed by atoms with Crippen LogP contribution < -0.4 is 5.32 Å². The first-order valence-corrected chi connectivity index (χ1v) is 10.3. The fourth-order valence-electron chi connectivity index (χ4n) is 3.07. The van der Waals surface area contributed by atoms with Gasteiger partial charge in [-0.25, -0.2) is 0 Å². The van der Waals surface area contributed by atoms with E-state index in [-0.39, 0.29) is 6.61 Å². The molecule has 12 heteroatoms. The van der Waals surface area contributed by atoms with Crippen molar-refractivity contribution in [3.05, 3.63) is 0 Å². The molecule has 0 aliphatic carbocycles. The monoisotopic (exact) mass is 462 g/mol. The third-order valence-electron chi connectivity index (χ3n) is 4.31. The molecule has 31 heavy (non-hydrogen) atoms. The van der Waals surface area contributed by atoms with Gasteiger partial charge in [-0.05, 0) is 26.1 Å². The number of rotatable bonds is 8. The van der Waals surface area contributed by atoms with Gasteiger partial charge in [-0.15, -0.1) is 0 Å². The maximum Gasteiger partial charge on any atom is 0.303 e. The molecule has 176 valence electrons. The second kappa shape index (κ2) is 12.4. The van der Waals surface area contributed by atoms with Crippen molar-refractivity contribution in [2.45, 2.75) is 72.2 Å². The lowest BCUT2D eigenvalue weighted by Crippen LogP contribution is -2.66. The predicted octanol–water partition coefficient (Wildman–Crippen LogP) is 0.286. The van der Waals surface area contributed by atoms with Gasteiger partial charge in [0.05, 0.1) is 0 Å². The van der Waals surface area contributed by atoms with Crippen molar-refractivity contribution in [1.29, 1.82) is 0 Å². The fourth-order valence-corrected chi connectivity index (χ4v) is 3.44. The number of hydrogen-bond acceptors (Lipinski definition) is 10. The Morgan fingerprint density at radius 3 is 1.77 bits per heavy atom. The Morgan fingerprint density at radius 2 is 1.32 bits per heavy atom. The van der Waals surface area contributed by atoms with Gasteiger partial charge < -0.3 is 33.9 Å². The second-order valence-corrected chi connectivity index (χ2v) is 7.13. The first-order chi connectivity index (χ1) is 14.5. The van der Waals surface area contributed by atoms with Crippen LogP contribution in [-0.4, -0.2) is 84.2 Å². The summed E-state index contributed by atoms with van der Waals surface area (Å²) in [5.74, 6) is -2.64. The number of hydrogen-bond donors (Lipinski definition) is 1. The zero-order valence-electron chi connectivity index (χ0n) is 18.5. The summed E-state index contributed by atoms with van der Waals surface area (Å²) in [6.45, 7) is 9.44. The minimum Gasteiger partial charge on any atom is -0.463 e. The highest BCUT2D eigenvalue weighted by Crippen LogP contribution is 2.28. The molecule has 1 aliphatic rings. The van der Waals surface area contributed by atoms with Gasteiger partial charge in [-0.3, -0.25) is 19.2 Å². The molecule has 0 spiro atoms. The molecule has 1 saturated heterocycles.